The van der Waals surface area contributed by atoms with Crippen LogP contribution >= 0.6 is 58.0 Å². The third-order valence-corrected chi connectivity index (χ3v) is 6.33. The van der Waals surface area contributed by atoms with Crippen molar-refractivity contribution in [3.8, 4) is 23.6 Å². The number of halogens is 5. The van der Waals surface area contributed by atoms with E-state index in [1.807, 2.05) is 12.1 Å². The van der Waals surface area contributed by atoms with Crippen LogP contribution in [0.4, 0.5) is 11.4 Å². The minimum atomic E-state index is -0.638. The van der Waals surface area contributed by atoms with Gasteiger partial charge in [-0.1, -0.05) is 58.5 Å². The summed E-state index contributed by atoms with van der Waals surface area (Å²) in [6, 6.07) is 21.7. The molecule has 13 heteroatoms. The van der Waals surface area contributed by atoms with Crippen molar-refractivity contribution in [2.45, 2.75) is 0 Å². The van der Waals surface area contributed by atoms with Crippen molar-refractivity contribution in [1.29, 1.82) is 10.5 Å². The van der Waals surface area contributed by atoms with E-state index in [2.05, 4.69) is 5.32 Å². The van der Waals surface area contributed by atoms with Crippen LogP contribution in [0.25, 0.3) is 0 Å². The summed E-state index contributed by atoms with van der Waals surface area (Å²) in [6.07, 6.45) is 0. The van der Waals surface area contributed by atoms with Gasteiger partial charge in [-0.05, 0) is 72.3 Å². The molecule has 4 aromatic carbocycles. The Balaban J connectivity index is 0.000000236. The molecule has 0 aliphatic heterocycles. The van der Waals surface area contributed by atoms with Gasteiger partial charge in [0.15, 0.2) is 0 Å². The van der Waals surface area contributed by atoms with Crippen LogP contribution in [0.1, 0.15) is 31.8 Å². The number of nitrogens with zero attached hydrogens (tertiary/aromatic N) is 2. The molecule has 208 valence electrons. The molecular weight excluding hydrogens is 634 g/mol. The standard InChI is InChI=1S/C14H8Cl2N2O2.C7H3Cl3O.C7H6N2O/c15-9-2-1-3-10(16)13(9)14(20)18-11-6-8(7-17)4-5-12(11)19;8-4-2-1-3-5(9)6(4)7(10)11;8-4-5-1-2-7(10)6(9)3-5/h1-6,19H,(H,18,20);1-3H;1-3,10H,9H2. The summed E-state index contributed by atoms with van der Waals surface area (Å²) in [4.78, 5) is 22.8. The molecule has 5 N–H and O–H groups in total. The number of nitrogens with two attached hydrogens (primary N) is 1. The monoisotopic (exact) mass is 648 g/mol. The van der Waals surface area contributed by atoms with Gasteiger partial charge in [0.1, 0.15) is 11.5 Å². The van der Waals surface area contributed by atoms with Gasteiger partial charge < -0.3 is 21.3 Å². The molecule has 0 saturated heterocycles. The van der Waals surface area contributed by atoms with E-state index in [0.29, 0.717) is 11.1 Å². The fourth-order valence-corrected chi connectivity index (χ4v) is 4.35. The molecule has 0 radical (unpaired) electrons. The molecule has 0 atom stereocenters. The molecule has 4 aromatic rings. The fraction of sp³-hybridized carbons (Fsp3) is 0. The van der Waals surface area contributed by atoms with Crippen molar-refractivity contribution < 1.29 is 19.8 Å². The summed E-state index contributed by atoms with van der Waals surface area (Å²) in [5.74, 6) is -0.703. The van der Waals surface area contributed by atoms with Crippen LogP contribution in [0.15, 0.2) is 72.8 Å². The number of nitrogen functional groups attached to an aromatic ring is 1. The predicted molar refractivity (Wildman–Crippen MR) is 161 cm³/mol. The number of anilines is 2. The second-order valence-corrected chi connectivity index (χ2v) is 9.62. The van der Waals surface area contributed by atoms with Gasteiger partial charge in [-0.2, -0.15) is 10.5 Å². The number of carbonyl (C=O) groups is 2. The van der Waals surface area contributed by atoms with Crippen molar-refractivity contribution in [3.05, 3.63) is 115 Å². The number of benzene rings is 4. The second-order valence-electron chi connectivity index (χ2n) is 7.65. The Hall–Kier alpha value is -4.15. The zero-order valence-corrected chi connectivity index (χ0v) is 24.3. The third kappa shape index (κ3) is 9.47. The second kappa shape index (κ2) is 15.6. The maximum atomic E-state index is 12.1. The lowest BCUT2D eigenvalue weighted by molar-refractivity contribution is 0.102. The number of phenolic OH excluding ortho intramolecular Hbond substituents is 2. The molecule has 0 saturated carbocycles. The first-order valence-corrected chi connectivity index (χ1v) is 12.9. The summed E-state index contributed by atoms with van der Waals surface area (Å²) < 4.78 is 0. The van der Waals surface area contributed by atoms with Crippen LogP contribution in [-0.2, 0) is 0 Å². The number of hydrogen-bond donors (Lipinski definition) is 4. The van der Waals surface area contributed by atoms with Crippen LogP contribution in [0.5, 0.6) is 11.5 Å². The van der Waals surface area contributed by atoms with Crippen LogP contribution < -0.4 is 11.1 Å². The first kappa shape index (κ1) is 33.1. The maximum Gasteiger partial charge on any atom is 0.258 e. The maximum absolute atomic E-state index is 12.1. The van der Waals surface area contributed by atoms with Gasteiger partial charge in [0.05, 0.1) is 65.9 Å². The fourth-order valence-electron chi connectivity index (χ4n) is 2.91. The molecule has 0 bridgehead atoms. The van der Waals surface area contributed by atoms with Crippen molar-refractivity contribution in [3.63, 3.8) is 0 Å². The quantitative estimate of drug-likeness (QED) is 0.0991. The Bertz CT molecular complexity index is 1640. The topological polar surface area (TPSA) is 160 Å². The molecule has 0 fully saturated rings. The average molecular weight is 651 g/mol. The van der Waals surface area contributed by atoms with E-state index in [1.54, 1.807) is 24.3 Å². The molecule has 0 aliphatic rings. The smallest absolute Gasteiger partial charge is 0.258 e. The highest BCUT2D eigenvalue weighted by atomic mass is 35.5. The number of phenols is 2. The predicted octanol–water partition coefficient (Wildman–Crippen LogP) is 8.04. The number of nitriles is 2. The van der Waals surface area contributed by atoms with Crippen LogP contribution in [-0.4, -0.2) is 21.4 Å². The number of carbonyl (C=O) groups excluding carboxylic acids is 2. The van der Waals surface area contributed by atoms with E-state index in [9.17, 15) is 14.7 Å². The molecule has 0 spiro atoms. The lowest BCUT2D eigenvalue weighted by Gasteiger charge is -2.10. The SMILES string of the molecule is N#Cc1ccc(O)c(N)c1.N#Cc1ccc(O)c(NC(=O)c2c(Cl)cccc2Cl)c1.O=C(Cl)c1c(Cl)cccc1Cl. The van der Waals surface area contributed by atoms with Gasteiger partial charge in [-0.15, -0.1) is 0 Å². The molecule has 0 unspecified atom stereocenters. The number of amides is 1. The Morgan fingerprint density at radius 1 is 0.707 bits per heavy atom. The minimum Gasteiger partial charge on any atom is -0.506 e. The van der Waals surface area contributed by atoms with E-state index in [0.717, 1.165) is 0 Å². The summed E-state index contributed by atoms with van der Waals surface area (Å²) in [5.41, 5.74) is 6.68. The molecule has 0 heterocycles. The summed E-state index contributed by atoms with van der Waals surface area (Å²) in [6.45, 7) is 0. The first-order chi connectivity index (χ1) is 19.4. The normalized spacial score (nSPS) is 9.54. The molecule has 41 heavy (non-hydrogen) atoms. The molecule has 4 rings (SSSR count). The van der Waals surface area contributed by atoms with Crippen molar-refractivity contribution in [1.82, 2.24) is 0 Å². The van der Waals surface area contributed by atoms with Gasteiger partial charge in [0.2, 0.25) is 0 Å². The van der Waals surface area contributed by atoms with Crippen molar-refractivity contribution in [2.75, 3.05) is 11.1 Å². The summed E-state index contributed by atoms with van der Waals surface area (Å²) in [7, 11) is 0. The average Bonchev–Trinajstić information content (AvgIpc) is 2.92. The Morgan fingerprint density at radius 3 is 1.56 bits per heavy atom. The molecule has 0 aliphatic carbocycles. The minimum absolute atomic E-state index is 0.0130. The zero-order valence-electron chi connectivity index (χ0n) is 20.5. The highest BCUT2D eigenvalue weighted by Gasteiger charge is 2.16. The Labute approximate surface area is 259 Å². The van der Waals surface area contributed by atoms with E-state index in [1.165, 1.54) is 48.5 Å². The highest BCUT2D eigenvalue weighted by molar-refractivity contribution is 6.69. The largest absolute Gasteiger partial charge is 0.506 e. The number of hydrogen-bond acceptors (Lipinski definition) is 7. The van der Waals surface area contributed by atoms with E-state index in [4.69, 9.17) is 79.4 Å². The van der Waals surface area contributed by atoms with E-state index < -0.39 is 11.1 Å². The summed E-state index contributed by atoms with van der Waals surface area (Å²) in [5, 5.41) is 38.5. The van der Waals surface area contributed by atoms with Gasteiger partial charge in [0, 0.05) is 0 Å². The molecular formula is C28H17Cl5N4O4. The highest BCUT2D eigenvalue weighted by Crippen LogP contribution is 2.29. The molecule has 8 nitrogen and oxygen atoms in total. The third-order valence-electron chi connectivity index (χ3n) is 4.88. The first-order valence-electron chi connectivity index (χ1n) is 11.0. The van der Waals surface area contributed by atoms with Gasteiger partial charge >= 0.3 is 0 Å². The van der Waals surface area contributed by atoms with Crippen molar-refractivity contribution in [2.24, 2.45) is 0 Å². The van der Waals surface area contributed by atoms with Gasteiger partial charge in [-0.3, -0.25) is 9.59 Å². The van der Waals surface area contributed by atoms with Crippen LogP contribution in [0, 0.1) is 22.7 Å². The van der Waals surface area contributed by atoms with Crippen LogP contribution in [0.2, 0.25) is 20.1 Å². The Kier molecular flexibility index (Phi) is 12.6. The number of aromatic hydroxyl groups is 2. The number of rotatable bonds is 3. The zero-order chi connectivity index (χ0) is 30.7. The van der Waals surface area contributed by atoms with E-state index >= 15 is 0 Å². The molecule has 1 amide bonds. The summed E-state index contributed by atoms with van der Waals surface area (Å²) >= 11 is 28.3. The number of nitrogens with one attached hydrogen (secondary N) is 1. The van der Waals surface area contributed by atoms with Gasteiger partial charge in [0.25, 0.3) is 11.1 Å². The lowest BCUT2D eigenvalue weighted by Crippen LogP contribution is -2.13. The molecule has 0 aromatic heterocycles. The van der Waals surface area contributed by atoms with E-state index in [-0.39, 0.29) is 54.1 Å². The lowest BCUT2D eigenvalue weighted by atomic mass is 10.1. The Morgan fingerprint density at radius 2 is 1.15 bits per heavy atom. The van der Waals surface area contributed by atoms with Crippen LogP contribution in [0.3, 0.4) is 0 Å². The van der Waals surface area contributed by atoms with Crippen molar-refractivity contribution >= 4 is 80.5 Å². The van der Waals surface area contributed by atoms with Gasteiger partial charge in [-0.25, -0.2) is 0 Å².